The number of hydrogen-bond donors (Lipinski definition) is 1. The van der Waals surface area contributed by atoms with E-state index in [1.807, 2.05) is 55.0 Å². The fourth-order valence-corrected chi connectivity index (χ4v) is 6.21. The van der Waals surface area contributed by atoms with Gasteiger partial charge in [-0.25, -0.2) is 0 Å². The quantitative estimate of drug-likeness (QED) is 0.579. The van der Waals surface area contributed by atoms with Crippen molar-refractivity contribution in [1.29, 1.82) is 0 Å². The van der Waals surface area contributed by atoms with Gasteiger partial charge in [0.05, 0.1) is 16.8 Å². The van der Waals surface area contributed by atoms with Crippen LogP contribution in [0, 0.1) is 19.8 Å². The third-order valence-electron chi connectivity index (χ3n) is 7.34. The molecule has 1 aromatic carbocycles. The summed E-state index contributed by atoms with van der Waals surface area (Å²) in [4.78, 5) is 29.5. The van der Waals surface area contributed by atoms with E-state index in [-0.39, 0.29) is 17.9 Å². The topological polar surface area (TPSA) is 54.3 Å². The van der Waals surface area contributed by atoms with Crippen LogP contribution in [0.25, 0.3) is 10.2 Å². The van der Waals surface area contributed by atoms with E-state index >= 15 is 0 Å². The first kappa shape index (κ1) is 21.3. The Morgan fingerprint density at radius 2 is 1.88 bits per heavy atom. The van der Waals surface area contributed by atoms with E-state index in [0.29, 0.717) is 12.2 Å². The van der Waals surface area contributed by atoms with Crippen molar-refractivity contribution in [2.75, 3.05) is 4.90 Å². The van der Waals surface area contributed by atoms with E-state index < -0.39 is 5.54 Å². The lowest BCUT2D eigenvalue weighted by Crippen LogP contribution is -2.65. The normalized spacial score (nSPS) is 25.8. The van der Waals surface area contributed by atoms with Crippen LogP contribution in [0.4, 0.5) is 5.69 Å². The number of fused-ring (bicyclic) bond motifs is 3. The van der Waals surface area contributed by atoms with Gasteiger partial charge in [0.25, 0.3) is 5.91 Å². The van der Waals surface area contributed by atoms with Crippen LogP contribution in [0.2, 0.25) is 0 Å². The van der Waals surface area contributed by atoms with Gasteiger partial charge in [0.2, 0.25) is 5.91 Å². The molecule has 1 atom stereocenters. The second kappa shape index (κ2) is 7.77. The number of anilines is 1. The van der Waals surface area contributed by atoms with Gasteiger partial charge in [-0.05, 0) is 81.5 Å². The Labute approximate surface area is 193 Å². The van der Waals surface area contributed by atoms with Crippen LogP contribution in [-0.2, 0) is 11.3 Å². The second-order valence-corrected chi connectivity index (χ2v) is 10.9. The van der Waals surface area contributed by atoms with Gasteiger partial charge in [-0.2, -0.15) is 0 Å². The minimum atomic E-state index is -1.01. The third-order valence-corrected chi connectivity index (χ3v) is 8.19. The molecule has 168 valence electrons. The minimum Gasteiger partial charge on any atom is -0.351 e. The standard InChI is InChI=1S/C26H31N3O2S/c1-16-5-8-19(9-6-16)27-25(31)26(4)15-28-21-11-12-32-23(21)14-22(28)24(30)29(26)20-10-7-17(2)13-18(20)3/h7,10-14,16,19H,5-6,8-9,15H2,1-4H3,(H,27,31)/t16?,19?,26-/m0/s1. The highest BCUT2D eigenvalue weighted by molar-refractivity contribution is 7.17. The van der Waals surface area contributed by atoms with Crippen molar-refractivity contribution in [3.8, 4) is 0 Å². The predicted molar refractivity (Wildman–Crippen MR) is 131 cm³/mol. The molecule has 3 aromatic rings. The summed E-state index contributed by atoms with van der Waals surface area (Å²) < 4.78 is 3.12. The van der Waals surface area contributed by atoms with Crippen molar-refractivity contribution < 1.29 is 9.59 Å². The number of nitrogens with zero attached hydrogens (tertiary/aromatic N) is 2. The molecule has 0 radical (unpaired) electrons. The summed E-state index contributed by atoms with van der Waals surface area (Å²) in [6.07, 6.45) is 4.28. The SMILES string of the molecule is Cc1ccc(N2C(=O)c3cc4sccc4n3C[C@@]2(C)C(=O)NC2CCC(C)CC2)c(C)c1. The molecule has 6 heteroatoms. The number of aromatic nitrogens is 1. The Morgan fingerprint density at radius 3 is 2.59 bits per heavy atom. The smallest absolute Gasteiger partial charge is 0.275 e. The fourth-order valence-electron chi connectivity index (χ4n) is 5.39. The summed E-state index contributed by atoms with van der Waals surface area (Å²) in [6, 6.07) is 10.3. The maximum Gasteiger partial charge on any atom is 0.275 e. The number of nitrogens with one attached hydrogen (secondary N) is 1. The van der Waals surface area contributed by atoms with Crippen LogP contribution < -0.4 is 10.2 Å². The van der Waals surface area contributed by atoms with Crippen LogP contribution in [0.1, 0.15) is 61.1 Å². The molecule has 1 fully saturated rings. The highest BCUT2D eigenvalue weighted by Gasteiger charge is 2.49. The van der Waals surface area contributed by atoms with Gasteiger partial charge in [-0.15, -0.1) is 11.3 Å². The number of hydrogen-bond acceptors (Lipinski definition) is 3. The van der Waals surface area contributed by atoms with Gasteiger partial charge < -0.3 is 9.88 Å². The molecule has 3 heterocycles. The first-order chi connectivity index (χ1) is 15.3. The molecule has 5 nitrogen and oxygen atoms in total. The molecule has 0 bridgehead atoms. The molecule has 0 saturated heterocycles. The molecule has 1 aliphatic carbocycles. The summed E-state index contributed by atoms with van der Waals surface area (Å²) in [7, 11) is 0. The van der Waals surface area contributed by atoms with Gasteiger partial charge in [0.15, 0.2) is 0 Å². The molecule has 2 aromatic heterocycles. The average Bonchev–Trinajstić information content (AvgIpc) is 3.34. The molecule has 1 saturated carbocycles. The summed E-state index contributed by atoms with van der Waals surface area (Å²) >= 11 is 1.63. The first-order valence-electron chi connectivity index (χ1n) is 11.6. The third kappa shape index (κ3) is 3.36. The zero-order valence-electron chi connectivity index (χ0n) is 19.3. The number of carbonyl (C=O) groups is 2. The summed E-state index contributed by atoms with van der Waals surface area (Å²) in [5.41, 5.74) is 3.63. The Kier molecular flexibility index (Phi) is 5.16. The first-order valence-corrected chi connectivity index (χ1v) is 12.5. The van der Waals surface area contributed by atoms with E-state index in [4.69, 9.17) is 0 Å². The lowest BCUT2D eigenvalue weighted by Gasteiger charge is -2.45. The summed E-state index contributed by atoms with van der Waals surface area (Å²) in [5.74, 6) is 0.547. The Bertz CT molecular complexity index is 1200. The largest absolute Gasteiger partial charge is 0.351 e. The summed E-state index contributed by atoms with van der Waals surface area (Å²) in [5, 5.41) is 5.36. The number of thiophene rings is 1. The molecule has 5 rings (SSSR count). The van der Waals surface area contributed by atoms with Crippen molar-refractivity contribution in [2.45, 2.75) is 71.5 Å². The van der Waals surface area contributed by atoms with Gasteiger partial charge >= 0.3 is 0 Å². The monoisotopic (exact) mass is 449 g/mol. The van der Waals surface area contributed by atoms with Gasteiger partial charge in [0, 0.05) is 11.7 Å². The van der Waals surface area contributed by atoms with E-state index in [2.05, 4.69) is 18.3 Å². The number of aryl methyl sites for hydroxylation is 2. The lowest BCUT2D eigenvalue weighted by atomic mass is 9.86. The van der Waals surface area contributed by atoms with E-state index in [1.165, 1.54) is 0 Å². The van der Waals surface area contributed by atoms with Crippen LogP contribution in [0.3, 0.4) is 0 Å². The molecule has 2 aliphatic rings. The fraction of sp³-hybridized carbons (Fsp3) is 0.462. The Balaban J connectivity index is 1.59. The number of amides is 2. The van der Waals surface area contributed by atoms with Crippen LogP contribution in [-0.4, -0.2) is 28.0 Å². The number of benzene rings is 1. The van der Waals surface area contributed by atoms with Crippen LogP contribution >= 0.6 is 11.3 Å². The number of rotatable bonds is 3. The van der Waals surface area contributed by atoms with Crippen molar-refractivity contribution in [3.05, 3.63) is 52.5 Å². The maximum atomic E-state index is 13.9. The van der Waals surface area contributed by atoms with Crippen molar-refractivity contribution in [3.63, 3.8) is 0 Å². The average molecular weight is 450 g/mol. The highest BCUT2D eigenvalue weighted by Crippen LogP contribution is 2.39. The van der Waals surface area contributed by atoms with Crippen molar-refractivity contribution in [1.82, 2.24) is 9.88 Å². The number of carbonyl (C=O) groups excluding carboxylic acids is 2. The maximum absolute atomic E-state index is 13.9. The van der Waals surface area contributed by atoms with Gasteiger partial charge in [-0.3, -0.25) is 14.5 Å². The highest BCUT2D eigenvalue weighted by atomic mass is 32.1. The van der Waals surface area contributed by atoms with Crippen LogP contribution in [0.15, 0.2) is 35.7 Å². The Hall–Kier alpha value is -2.60. The second-order valence-electron chi connectivity index (χ2n) is 9.92. The van der Waals surface area contributed by atoms with E-state index in [9.17, 15) is 9.59 Å². The van der Waals surface area contributed by atoms with E-state index in [0.717, 1.165) is 58.6 Å². The lowest BCUT2D eigenvalue weighted by molar-refractivity contribution is -0.127. The molecule has 2 amide bonds. The van der Waals surface area contributed by atoms with Gasteiger partial charge in [-0.1, -0.05) is 24.6 Å². The molecule has 32 heavy (non-hydrogen) atoms. The molecule has 0 spiro atoms. The molecule has 1 N–H and O–H groups in total. The zero-order valence-corrected chi connectivity index (χ0v) is 20.1. The molecular formula is C26H31N3O2S. The minimum absolute atomic E-state index is 0.0619. The van der Waals surface area contributed by atoms with Crippen molar-refractivity contribution >= 4 is 39.1 Å². The van der Waals surface area contributed by atoms with Crippen molar-refractivity contribution in [2.24, 2.45) is 5.92 Å². The van der Waals surface area contributed by atoms with Crippen LogP contribution in [0.5, 0.6) is 0 Å². The summed E-state index contributed by atoms with van der Waals surface area (Å²) in [6.45, 7) is 8.70. The zero-order chi connectivity index (χ0) is 22.6. The predicted octanol–water partition coefficient (Wildman–Crippen LogP) is 5.43. The molecular weight excluding hydrogens is 418 g/mol. The molecule has 1 aliphatic heterocycles. The molecule has 0 unspecified atom stereocenters. The van der Waals surface area contributed by atoms with Gasteiger partial charge in [0.1, 0.15) is 11.2 Å². The van der Waals surface area contributed by atoms with E-state index in [1.54, 1.807) is 16.2 Å². The Morgan fingerprint density at radius 1 is 1.12 bits per heavy atom.